The molecule has 0 saturated heterocycles. The summed E-state index contributed by atoms with van der Waals surface area (Å²) in [6, 6.07) is 4.22. The third-order valence-corrected chi connectivity index (χ3v) is 5.04. The molecule has 8 heteroatoms. The van der Waals surface area contributed by atoms with Crippen molar-refractivity contribution in [3.63, 3.8) is 0 Å². The maximum atomic E-state index is 12.2. The second kappa shape index (κ2) is 6.95. The van der Waals surface area contributed by atoms with E-state index in [1.807, 2.05) is 0 Å². The smallest absolute Gasteiger partial charge is 0.253 e. The van der Waals surface area contributed by atoms with Gasteiger partial charge in [0.15, 0.2) is 0 Å². The Bertz CT molecular complexity index is 659. The molecule has 0 radical (unpaired) electrons. The molecule has 1 atom stereocenters. The topological polar surface area (TPSA) is 84.5 Å². The molecule has 1 fully saturated rings. The zero-order chi connectivity index (χ0) is 16.3. The molecule has 0 aliphatic heterocycles. The molecule has 122 valence electrons. The third-order valence-electron chi connectivity index (χ3n) is 3.19. The lowest BCUT2D eigenvalue weighted by atomic mass is 10.3. The van der Waals surface area contributed by atoms with Crippen molar-refractivity contribution in [2.75, 3.05) is 11.9 Å². The molecule has 2 rings (SSSR count). The zero-order valence-corrected chi connectivity index (χ0v) is 14.0. The molecular formula is C14H19ClN2O4S. The summed E-state index contributed by atoms with van der Waals surface area (Å²) >= 11 is 6.02. The Kier molecular flexibility index (Phi) is 5.44. The van der Waals surface area contributed by atoms with Gasteiger partial charge < -0.3 is 10.1 Å². The van der Waals surface area contributed by atoms with Gasteiger partial charge >= 0.3 is 0 Å². The number of ether oxygens (including phenoxy) is 1. The minimum Gasteiger partial charge on any atom is -0.369 e. The Hall–Kier alpha value is -1.15. The van der Waals surface area contributed by atoms with E-state index in [-0.39, 0.29) is 27.6 Å². The molecule has 1 aromatic carbocycles. The number of nitrogens with one attached hydrogen (secondary N) is 2. The van der Waals surface area contributed by atoms with E-state index >= 15 is 0 Å². The average Bonchev–Trinajstić information content (AvgIpc) is 3.24. The Labute approximate surface area is 135 Å². The summed E-state index contributed by atoms with van der Waals surface area (Å²) in [5, 5.41) is 2.85. The van der Waals surface area contributed by atoms with Gasteiger partial charge in [-0.25, -0.2) is 13.1 Å². The number of anilines is 1. The predicted molar refractivity (Wildman–Crippen MR) is 84.5 cm³/mol. The molecule has 6 nitrogen and oxygen atoms in total. The molecule has 0 heterocycles. The van der Waals surface area contributed by atoms with Crippen LogP contribution in [0.3, 0.4) is 0 Å². The van der Waals surface area contributed by atoms with Crippen LogP contribution in [0.5, 0.6) is 0 Å². The van der Waals surface area contributed by atoms with Crippen LogP contribution in [0.2, 0.25) is 5.02 Å². The van der Waals surface area contributed by atoms with Crippen molar-refractivity contribution in [3.05, 3.63) is 23.2 Å². The number of sulfonamides is 1. The Morgan fingerprint density at radius 1 is 1.45 bits per heavy atom. The number of rotatable bonds is 7. The van der Waals surface area contributed by atoms with Crippen molar-refractivity contribution in [1.29, 1.82) is 0 Å². The average molecular weight is 347 g/mol. The SMILES string of the molecule is CCOC(C)C(=O)Nc1cc(S(=O)(=O)NC2CC2)ccc1Cl. The van der Waals surface area contributed by atoms with E-state index in [1.165, 1.54) is 18.2 Å². The Morgan fingerprint density at radius 2 is 2.14 bits per heavy atom. The molecular weight excluding hydrogens is 328 g/mol. The summed E-state index contributed by atoms with van der Waals surface area (Å²) < 4.78 is 32.1. The van der Waals surface area contributed by atoms with Crippen LogP contribution in [0.4, 0.5) is 5.69 Å². The van der Waals surface area contributed by atoms with Crippen molar-refractivity contribution < 1.29 is 17.9 Å². The van der Waals surface area contributed by atoms with E-state index in [0.717, 1.165) is 12.8 Å². The van der Waals surface area contributed by atoms with Crippen molar-refractivity contribution >= 4 is 33.2 Å². The van der Waals surface area contributed by atoms with E-state index in [2.05, 4.69) is 10.0 Å². The highest BCUT2D eigenvalue weighted by atomic mass is 35.5. The Morgan fingerprint density at radius 3 is 2.73 bits per heavy atom. The molecule has 0 aromatic heterocycles. The monoisotopic (exact) mass is 346 g/mol. The number of amides is 1. The first-order valence-corrected chi connectivity index (χ1v) is 8.94. The highest BCUT2D eigenvalue weighted by Crippen LogP contribution is 2.27. The first kappa shape index (κ1) is 17.2. The normalized spacial score (nSPS) is 16.3. The number of halogens is 1. The summed E-state index contributed by atoms with van der Waals surface area (Å²) in [5.41, 5.74) is 0.247. The van der Waals surface area contributed by atoms with E-state index in [9.17, 15) is 13.2 Å². The van der Waals surface area contributed by atoms with Crippen LogP contribution in [0, 0.1) is 0 Å². The van der Waals surface area contributed by atoms with Crippen molar-refractivity contribution in [1.82, 2.24) is 4.72 Å². The minimum atomic E-state index is -3.59. The highest BCUT2D eigenvalue weighted by molar-refractivity contribution is 7.89. The number of hydrogen-bond acceptors (Lipinski definition) is 4. The molecule has 1 saturated carbocycles. The molecule has 1 aliphatic carbocycles. The van der Waals surface area contributed by atoms with Gasteiger partial charge in [0.1, 0.15) is 6.10 Å². The van der Waals surface area contributed by atoms with Crippen LogP contribution in [0.25, 0.3) is 0 Å². The first-order chi connectivity index (χ1) is 10.3. The van der Waals surface area contributed by atoms with Gasteiger partial charge in [-0.3, -0.25) is 4.79 Å². The fraction of sp³-hybridized carbons (Fsp3) is 0.500. The minimum absolute atomic E-state index is 0.0108. The summed E-state index contributed by atoms with van der Waals surface area (Å²) in [6.07, 6.45) is 1.05. The first-order valence-electron chi connectivity index (χ1n) is 7.08. The predicted octanol–water partition coefficient (Wildman–Crippen LogP) is 2.14. The number of benzene rings is 1. The molecule has 0 bridgehead atoms. The second-order valence-corrected chi connectivity index (χ2v) is 7.25. The van der Waals surface area contributed by atoms with Gasteiger partial charge in [0.05, 0.1) is 15.6 Å². The number of hydrogen-bond donors (Lipinski definition) is 2. The van der Waals surface area contributed by atoms with Crippen molar-refractivity contribution in [3.8, 4) is 0 Å². The summed E-state index contributed by atoms with van der Waals surface area (Å²) in [5.74, 6) is -0.381. The van der Waals surface area contributed by atoms with Gasteiger partial charge in [0, 0.05) is 12.6 Å². The lowest BCUT2D eigenvalue weighted by Gasteiger charge is -2.14. The molecule has 1 aliphatic rings. The second-order valence-electron chi connectivity index (χ2n) is 5.12. The van der Waals surface area contributed by atoms with Crippen LogP contribution < -0.4 is 10.0 Å². The molecule has 22 heavy (non-hydrogen) atoms. The van der Waals surface area contributed by atoms with E-state index < -0.39 is 16.1 Å². The summed E-state index contributed by atoms with van der Waals surface area (Å²) in [7, 11) is -3.59. The standard InChI is InChI=1S/C14H19ClN2O4S/c1-3-21-9(2)14(18)16-13-8-11(6-7-12(13)15)22(19,20)17-10-4-5-10/h6-10,17H,3-5H2,1-2H3,(H,16,18). The van der Waals surface area contributed by atoms with Crippen LogP contribution in [0.1, 0.15) is 26.7 Å². The van der Waals surface area contributed by atoms with E-state index in [1.54, 1.807) is 13.8 Å². The van der Waals surface area contributed by atoms with Crippen LogP contribution in [-0.4, -0.2) is 33.1 Å². The maximum Gasteiger partial charge on any atom is 0.253 e. The molecule has 1 unspecified atom stereocenters. The van der Waals surface area contributed by atoms with Gasteiger partial charge in [-0.15, -0.1) is 0 Å². The van der Waals surface area contributed by atoms with Crippen molar-refractivity contribution in [2.45, 2.75) is 43.7 Å². The molecule has 0 spiro atoms. The van der Waals surface area contributed by atoms with Crippen molar-refractivity contribution in [2.24, 2.45) is 0 Å². The molecule has 2 N–H and O–H groups in total. The highest BCUT2D eigenvalue weighted by Gasteiger charge is 2.28. The van der Waals surface area contributed by atoms with Gasteiger partial charge in [-0.05, 0) is 44.9 Å². The lowest BCUT2D eigenvalue weighted by molar-refractivity contribution is -0.126. The van der Waals surface area contributed by atoms with Gasteiger partial charge in [0.25, 0.3) is 5.91 Å². The Balaban J connectivity index is 2.17. The summed E-state index contributed by atoms with van der Waals surface area (Å²) in [6.45, 7) is 3.80. The fourth-order valence-corrected chi connectivity index (χ4v) is 3.31. The number of carbonyl (C=O) groups excluding carboxylic acids is 1. The number of carbonyl (C=O) groups is 1. The van der Waals surface area contributed by atoms with E-state index in [4.69, 9.17) is 16.3 Å². The lowest BCUT2D eigenvalue weighted by Crippen LogP contribution is -2.28. The van der Waals surface area contributed by atoms with Gasteiger partial charge in [-0.1, -0.05) is 11.6 Å². The largest absolute Gasteiger partial charge is 0.369 e. The van der Waals surface area contributed by atoms with Crippen LogP contribution in [0.15, 0.2) is 23.1 Å². The molecule has 1 aromatic rings. The third kappa shape index (κ3) is 4.42. The maximum absolute atomic E-state index is 12.2. The summed E-state index contributed by atoms with van der Waals surface area (Å²) in [4.78, 5) is 12.0. The van der Waals surface area contributed by atoms with Crippen LogP contribution in [-0.2, 0) is 19.6 Å². The van der Waals surface area contributed by atoms with E-state index in [0.29, 0.717) is 6.61 Å². The zero-order valence-electron chi connectivity index (χ0n) is 12.4. The van der Waals surface area contributed by atoms with Gasteiger partial charge in [0.2, 0.25) is 10.0 Å². The quantitative estimate of drug-likeness (QED) is 0.792. The van der Waals surface area contributed by atoms with Gasteiger partial charge in [-0.2, -0.15) is 0 Å². The van der Waals surface area contributed by atoms with Crippen LogP contribution >= 0.6 is 11.6 Å². The fourth-order valence-electron chi connectivity index (χ4n) is 1.82. The molecule has 1 amide bonds.